The zero-order chi connectivity index (χ0) is 14.5. The fourth-order valence-electron chi connectivity index (χ4n) is 1.57. The molecule has 0 saturated carbocycles. The predicted molar refractivity (Wildman–Crippen MR) is 76.9 cm³/mol. The maximum Gasteiger partial charge on any atom is 0.244 e. The van der Waals surface area contributed by atoms with Crippen molar-refractivity contribution in [3.8, 4) is 0 Å². The van der Waals surface area contributed by atoms with Crippen LogP contribution in [0.1, 0.15) is 6.42 Å². The van der Waals surface area contributed by atoms with Crippen molar-refractivity contribution in [1.82, 2.24) is 14.6 Å². The summed E-state index contributed by atoms with van der Waals surface area (Å²) >= 11 is 0. The van der Waals surface area contributed by atoms with Gasteiger partial charge in [-0.1, -0.05) is 0 Å². The zero-order valence-electron chi connectivity index (χ0n) is 11.9. The Morgan fingerprint density at radius 1 is 1.26 bits per heavy atom. The number of pyridine rings is 1. The van der Waals surface area contributed by atoms with Crippen LogP contribution in [-0.4, -0.2) is 59.0 Å². The summed E-state index contributed by atoms with van der Waals surface area (Å²) in [6, 6.07) is 3.32. The quantitative estimate of drug-likeness (QED) is 0.734. The lowest BCUT2D eigenvalue weighted by Gasteiger charge is -2.18. The highest BCUT2D eigenvalue weighted by molar-refractivity contribution is 7.89. The number of anilines is 1. The van der Waals surface area contributed by atoms with E-state index in [-0.39, 0.29) is 4.90 Å². The average molecular weight is 286 g/mol. The molecule has 0 bridgehead atoms. The largest absolute Gasteiger partial charge is 0.360 e. The molecule has 0 fully saturated rings. The molecule has 0 aliphatic heterocycles. The zero-order valence-corrected chi connectivity index (χ0v) is 12.7. The first-order valence-electron chi connectivity index (χ1n) is 6.14. The Morgan fingerprint density at radius 2 is 1.95 bits per heavy atom. The molecule has 6 nitrogen and oxygen atoms in total. The molecule has 1 heterocycles. The Balaban J connectivity index is 2.77. The Kier molecular flexibility index (Phi) is 5.71. The van der Waals surface area contributed by atoms with Crippen LogP contribution < -0.4 is 10.2 Å². The van der Waals surface area contributed by atoms with E-state index in [0.717, 1.165) is 25.3 Å². The molecule has 0 aliphatic rings. The fourth-order valence-corrected chi connectivity index (χ4v) is 2.42. The van der Waals surface area contributed by atoms with Crippen molar-refractivity contribution in [1.29, 1.82) is 0 Å². The summed E-state index contributed by atoms with van der Waals surface area (Å²) in [6.07, 6.45) is 2.41. The van der Waals surface area contributed by atoms with Crippen LogP contribution in [0.15, 0.2) is 23.2 Å². The lowest BCUT2D eigenvalue weighted by molar-refractivity contribution is 0.520. The molecule has 0 aliphatic carbocycles. The van der Waals surface area contributed by atoms with Gasteiger partial charge >= 0.3 is 0 Å². The number of aromatic nitrogens is 1. The second kappa shape index (κ2) is 6.83. The second-order valence-corrected chi connectivity index (χ2v) is 6.67. The molecule has 0 amide bonds. The van der Waals surface area contributed by atoms with Gasteiger partial charge in [0.25, 0.3) is 0 Å². The van der Waals surface area contributed by atoms with Gasteiger partial charge in [-0.05, 0) is 32.1 Å². The number of nitrogens with one attached hydrogen (secondary N) is 1. The SMILES string of the molecule is CNCCCN(C)c1ccc(S(=O)(=O)N(C)C)cn1. The van der Waals surface area contributed by atoms with E-state index in [2.05, 4.69) is 10.3 Å². The monoisotopic (exact) mass is 286 g/mol. The summed E-state index contributed by atoms with van der Waals surface area (Å²) < 4.78 is 25.0. The van der Waals surface area contributed by atoms with Crippen LogP contribution >= 0.6 is 0 Å². The van der Waals surface area contributed by atoms with Crippen molar-refractivity contribution in [3.63, 3.8) is 0 Å². The summed E-state index contributed by atoms with van der Waals surface area (Å²) in [6.45, 7) is 1.81. The molecule has 1 aromatic rings. The van der Waals surface area contributed by atoms with Crippen molar-refractivity contribution < 1.29 is 8.42 Å². The minimum atomic E-state index is -3.40. The molecular formula is C12H22N4O2S. The smallest absolute Gasteiger partial charge is 0.244 e. The van der Waals surface area contributed by atoms with E-state index in [1.165, 1.54) is 24.6 Å². The molecule has 0 radical (unpaired) electrons. The van der Waals surface area contributed by atoms with Crippen LogP contribution in [0.3, 0.4) is 0 Å². The highest BCUT2D eigenvalue weighted by Gasteiger charge is 2.17. The third kappa shape index (κ3) is 4.15. The lowest BCUT2D eigenvalue weighted by Crippen LogP contribution is -2.24. The molecule has 1 rings (SSSR count). The van der Waals surface area contributed by atoms with E-state index < -0.39 is 10.0 Å². The third-order valence-electron chi connectivity index (χ3n) is 2.81. The summed E-state index contributed by atoms with van der Waals surface area (Å²) in [7, 11) is 3.47. The van der Waals surface area contributed by atoms with Crippen LogP contribution in [0.2, 0.25) is 0 Å². The number of nitrogens with zero attached hydrogens (tertiary/aromatic N) is 3. The lowest BCUT2D eigenvalue weighted by atomic mass is 10.3. The maximum atomic E-state index is 11.9. The van der Waals surface area contributed by atoms with Gasteiger partial charge in [-0.15, -0.1) is 0 Å². The van der Waals surface area contributed by atoms with Gasteiger partial charge in [-0.2, -0.15) is 0 Å². The number of hydrogen-bond acceptors (Lipinski definition) is 5. The first kappa shape index (κ1) is 15.9. The Hall–Kier alpha value is -1.18. The minimum Gasteiger partial charge on any atom is -0.360 e. The second-order valence-electron chi connectivity index (χ2n) is 4.52. The van der Waals surface area contributed by atoms with Crippen molar-refractivity contribution >= 4 is 15.8 Å². The van der Waals surface area contributed by atoms with Gasteiger partial charge in [-0.3, -0.25) is 0 Å². The Morgan fingerprint density at radius 3 is 2.42 bits per heavy atom. The van der Waals surface area contributed by atoms with Crippen molar-refractivity contribution in [3.05, 3.63) is 18.3 Å². The third-order valence-corrected chi connectivity index (χ3v) is 4.61. The predicted octanol–water partition coefficient (Wildman–Crippen LogP) is 0.378. The summed E-state index contributed by atoms with van der Waals surface area (Å²) in [5.74, 6) is 0.772. The van der Waals surface area contributed by atoms with Crippen molar-refractivity contribution in [2.24, 2.45) is 0 Å². The molecule has 1 N–H and O–H groups in total. The van der Waals surface area contributed by atoms with E-state index >= 15 is 0 Å². The number of hydrogen-bond donors (Lipinski definition) is 1. The number of rotatable bonds is 7. The Bertz CT molecular complexity index is 485. The topological polar surface area (TPSA) is 65.5 Å². The normalized spacial score (nSPS) is 11.8. The van der Waals surface area contributed by atoms with E-state index in [4.69, 9.17) is 0 Å². The van der Waals surface area contributed by atoms with E-state index in [9.17, 15) is 8.42 Å². The fraction of sp³-hybridized carbons (Fsp3) is 0.583. The van der Waals surface area contributed by atoms with Gasteiger partial charge in [0.05, 0.1) is 0 Å². The summed E-state index contributed by atoms with van der Waals surface area (Å²) in [5, 5.41) is 3.08. The maximum absolute atomic E-state index is 11.9. The first-order valence-corrected chi connectivity index (χ1v) is 7.58. The molecule has 0 unspecified atom stereocenters. The summed E-state index contributed by atoms with van der Waals surface area (Å²) in [4.78, 5) is 6.42. The van der Waals surface area contributed by atoms with Crippen LogP contribution in [0.4, 0.5) is 5.82 Å². The van der Waals surface area contributed by atoms with Gasteiger partial charge in [-0.25, -0.2) is 17.7 Å². The molecule has 19 heavy (non-hydrogen) atoms. The van der Waals surface area contributed by atoms with Gasteiger partial charge in [0.15, 0.2) is 0 Å². The van der Waals surface area contributed by atoms with Gasteiger partial charge < -0.3 is 10.2 Å². The highest BCUT2D eigenvalue weighted by atomic mass is 32.2. The van der Waals surface area contributed by atoms with Crippen LogP contribution in [0.25, 0.3) is 0 Å². The molecule has 0 saturated heterocycles. The summed E-state index contributed by atoms with van der Waals surface area (Å²) in [5.41, 5.74) is 0. The van der Waals surface area contributed by atoms with Gasteiger partial charge in [0.1, 0.15) is 10.7 Å². The molecule has 7 heteroatoms. The van der Waals surface area contributed by atoms with Crippen molar-refractivity contribution in [2.45, 2.75) is 11.3 Å². The molecular weight excluding hydrogens is 264 g/mol. The van der Waals surface area contributed by atoms with E-state index in [1.54, 1.807) is 12.1 Å². The highest BCUT2D eigenvalue weighted by Crippen LogP contribution is 2.15. The van der Waals surface area contributed by atoms with E-state index in [1.807, 2.05) is 19.0 Å². The molecule has 108 valence electrons. The van der Waals surface area contributed by atoms with Gasteiger partial charge in [0.2, 0.25) is 10.0 Å². The standard InChI is InChI=1S/C12H22N4O2S/c1-13-8-5-9-16(4)12-7-6-11(10-14-12)19(17,18)15(2)3/h6-7,10,13H,5,8-9H2,1-4H3. The first-order chi connectivity index (χ1) is 8.89. The average Bonchev–Trinajstić information content (AvgIpc) is 2.39. The molecule has 1 aromatic heterocycles. The van der Waals surface area contributed by atoms with Crippen LogP contribution in [0.5, 0.6) is 0 Å². The molecule has 0 spiro atoms. The molecule has 0 aromatic carbocycles. The Labute approximate surface area is 115 Å². The minimum absolute atomic E-state index is 0.213. The van der Waals surface area contributed by atoms with Crippen LogP contribution in [-0.2, 0) is 10.0 Å². The van der Waals surface area contributed by atoms with Gasteiger partial charge in [0, 0.05) is 33.9 Å². The van der Waals surface area contributed by atoms with Crippen LogP contribution in [0, 0.1) is 0 Å². The van der Waals surface area contributed by atoms with Crippen molar-refractivity contribution in [2.75, 3.05) is 46.2 Å². The number of sulfonamides is 1. The van der Waals surface area contributed by atoms with E-state index in [0.29, 0.717) is 0 Å². The molecule has 0 atom stereocenters.